The standard InChI is InChI=1S/C37H34F4N2O5S/c1-36(2,3)28-13-11-24(12-14-28)31(19-23-7-9-25(10-8-23)35(44)42-17-18-49(45,46)47)33-22-34(48-43-33)27-6-4-5-26(20-27)30-16-15-29(21-32(30)38)37(39,40)41/h4-16,20-22,31H,17-19H2,1-3H3,(H,42,44)(H,45,46,47). The van der Waals surface area contributed by atoms with Gasteiger partial charge >= 0.3 is 6.18 Å². The molecule has 4 aromatic carbocycles. The van der Waals surface area contributed by atoms with Crippen LogP contribution in [0, 0.1) is 5.82 Å². The zero-order valence-corrected chi connectivity index (χ0v) is 27.7. The molecule has 0 fully saturated rings. The maximum absolute atomic E-state index is 14.8. The molecule has 0 saturated carbocycles. The number of aromatic nitrogens is 1. The van der Waals surface area contributed by atoms with E-state index in [1.165, 1.54) is 0 Å². The molecule has 1 unspecified atom stereocenters. The van der Waals surface area contributed by atoms with Gasteiger partial charge in [-0.15, -0.1) is 0 Å². The molecule has 1 amide bonds. The van der Waals surface area contributed by atoms with Gasteiger partial charge in [-0.3, -0.25) is 9.35 Å². The summed E-state index contributed by atoms with van der Waals surface area (Å²) in [7, 11) is -4.20. The molecule has 5 rings (SSSR count). The summed E-state index contributed by atoms with van der Waals surface area (Å²) in [5, 5.41) is 6.85. The molecule has 1 aromatic heterocycles. The highest BCUT2D eigenvalue weighted by atomic mass is 32.2. The Labute approximate surface area is 281 Å². The lowest BCUT2D eigenvalue weighted by atomic mass is 9.83. The minimum absolute atomic E-state index is 0.0157. The maximum Gasteiger partial charge on any atom is 0.416 e. The summed E-state index contributed by atoms with van der Waals surface area (Å²) >= 11 is 0. The van der Waals surface area contributed by atoms with Gasteiger partial charge in [0, 0.05) is 35.2 Å². The quantitative estimate of drug-likeness (QED) is 0.112. The third kappa shape index (κ3) is 9.01. The number of amides is 1. The van der Waals surface area contributed by atoms with Gasteiger partial charge in [0.1, 0.15) is 5.82 Å². The van der Waals surface area contributed by atoms with E-state index < -0.39 is 39.3 Å². The van der Waals surface area contributed by atoms with E-state index >= 15 is 0 Å². The monoisotopic (exact) mass is 694 g/mol. The molecule has 256 valence electrons. The van der Waals surface area contributed by atoms with Crippen LogP contribution in [0.4, 0.5) is 17.6 Å². The van der Waals surface area contributed by atoms with E-state index in [0.717, 1.165) is 28.8 Å². The number of hydrogen-bond acceptors (Lipinski definition) is 5. The highest BCUT2D eigenvalue weighted by Gasteiger charge is 2.31. The van der Waals surface area contributed by atoms with Crippen molar-refractivity contribution in [2.75, 3.05) is 12.3 Å². The van der Waals surface area contributed by atoms with Crippen molar-refractivity contribution >= 4 is 16.0 Å². The summed E-state index contributed by atoms with van der Waals surface area (Å²) < 4.78 is 90.6. The molecule has 0 aliphatic heterocycles. The first-order chi connectivity index (χ1) is 23.0. The largest absolute Gasteiger partial charge is 0.416 e. The topological polar surface area (TPSA) is 110 Å². The number of alkyl halides is 3. The molecule has 0 spiro atoms. The number of halogens is 4. The van der Waals surface area contributed by atoms with Gasteiger partial charge in [0.25, 0.3) is 16.0 Å². The Morgan fingerprint density at radius 2 is 1.53 bits per heavy atom. The lowest BCUT2D eigenvalue weighted by molar-refractivity contribution is -0.137. The molecular weight excluding hydrogens is 660 g/mol. The Kier molecular flexibility index (Phi) is 10.1. The number of carbonyl (C=O) groups is 1. The summed E-state index contributed by atoms with van der Waals surface area (Å²) in [6.45, 7) is 6.13. The molecule has 49 heavy (non-hydrogen) atoms. The van der Waals surface area contributed by atoms with Gasteiger partial charge in [-0.1, -0.05) is 86.6 Å². The highest BCUT2D eigenvalue weighted by Crippen LogP contribution is 2.36. The highest BCUT2D eigenvalue weighted by molar-refractivity contribution is 7.85. The normalized spacial score (nSPS) is 12.9. The van der Waals surface area contributed by atoms with Gasteiger partial charge in [-0.2, -0.15) is 21.6 Å². The van der Waals surface area contributed by atoms with Crippen LogP contribution in [-0.2, 0) is 28.1 Å². The van der Waals surface area contributed by atoms with E-state index in [1.807, 2.05) is 12.1 Å². The molecule has 12 heteroatoms. The molecule has 0 aliphatic rings. The summed E-state index contributed by atoms with van der Waals surface area (Å²) in [6, 6.07) is 25.8. The van der Waals surface area contributed by atoms with Crippen molar-refractivity contribution in [1.29, 1.82) is 0 Å². The second-order valence-electron chi connectivity index (χ2n) is 12.8. The first-order valence-electron chi connectivity index (χ1n) is 15.3. The average molecular weight is 695 g/mol. The van der Waals surface area contributed by atoms with Crippen molar-refractivity contribution in [2.24, 2.45) is 0 Å². The summed E-state index contributed by atoms with van der Waals surface area (Å²) in [4.78, 5) is 12.5. The van der Waals surface area contributed by atoms with Gasteiger partial charge in [-0.05, 0) is 64.4 Å². The molecule has 0 radical (unpaired) electrons. The first kappa shape index (κ1) is 35.5. The zero-order chi connectivity index (χ0) is 35.6. The minimum atomic E-state index is -4.66. The Balaban J connectivity index is 1.43. The van der Waals surface area contributed by atoms with Crippen LogP contribution in [0.25, 0.3) is 22.5 Å². The minimum Gasteiger partial charge on any atom is -0.356 e. The van der Waals surface area contributed by atoms with Gasteiger partial charge in [0.05, 0.1) is 17.0 Å². The predicted octanol–water partition coefficient (Wildman–Crippen LogP) is 8.46. The molecular formula is C37H34F4N2O5S. The van der Waals surface area contributed by atoms with Crippen LogP contribution in [0.2, 0.25) is 0 Å². The van der Waals surface area contributed by atoms with E-state index in [2.05, 4.69) is 43.4 Å². The number of benzene rings is 4. The first-order valence-corrected chi connectivity index (χ1v) is 17.0. The van der Waals surface area contributed by atoms with E-state index in [0.29, 0.717) is 40.6 Å². The van der Waals surface area contributed by atoms with Crippen molar-refractivity contribution in [2.45, 2.75) is 44.7 Å². The van der Waals surface area contributed by atoms with Crippen LogP contribution < -0.4 is 5.32 Å². The molecule has 2 N–H and O–H groups in total. The number of rotatable bonds is 10. The SMILES string of the molecule is CC(C)(C)c1ccc(C(Cc2ccc(C(=O)NCCS(=O)(=O)O)cc2)c2cc(-c3cccc(-c4ccc(C(F)(F)F)cc4F)c3)on2)cc1. The third-order valence-electron chi connectivity index (χ3n) is 8.12. The van der Waals surface area contributed by atoms with E-state index in [9.17, 15) is 30.8 Å². The fourth-order valence-corrected chi connectivity index (χ4v) is 5.75. The molecule has 7 nitrogen and oxygen atoms in total. The molecule has 5 aromatic rings. The second-order valence-corrected chi connectivity index (χ2v) is 14.3. The Bertz CT molecular complexity index is 2050. The number of hydrogen-bond donors (Lipinski definition) is 2. The summed E-state index contributed by atoms with van der Waals surface area (Å²) in [6.07, 6.45) is -4.19. The Hall–Kier alpha value is -4.81. The van der Waals surface area contributed by atoms with Crippen LogP contribution in [0.3, 0.4) is 0 Å². The lowest BCUT2D eigenvalue weighted by Crippen LogP contribution is -2.28. The van der Waals surface area contributed by atoms with Crippen LogP contribution in [-0.4, -0.2) is 36.3 Å². The Morgan fingerprint density at radius 3 is 2.14 bits per heavy atom. The van der Waals surface area contributed by atoms with E-state index in [1.54, 1.807) is 54.6 Å². The van der Waals surface area contributed by atoms with Crippen molar-refractivity contribution < 1.29 is 39.8 Å². The average Bonchev–Trinajstić information content (AvgIpc) is 3.53. The summed E-state index contributed by atoms with van der Waals surface area (Å²) in [5.41, 5.74) is 3.72. The number of carbonyl (C=O) groups excluding carboxylic acids is 1. The maximum atomic E-state index is 14.8. The van der Waals surface area contributed by atoms with Crippen LogP contribution in [0.15, 0.2) is 102 Å². The van der Waals surface area contributed by atoms with Crippen LogP contribution >= 0.6 is 0 Å². The van der Waals surface area contributed by atoms with E-state index in [4.69, 9.17) is 9.08 Å². The lowest BCUT2D eigenvalue weighted by Gasteiger charge is -2.21. The molecule has 1 atom stereocenters. The number of nitrogens with zero attached hydrogens (tertiary/aromatic N) is 1. The fraction of sp³-hybridized carbons (Fsp3) is 0.243. The van der Waals surface area contributed by atoms with Gasteiger partial charge in [0.15, 0.2) is 5.76 Å². The van der Waals surface area contributed by atoms with E-state index in [-0.39, 0.29) is 23.4 Å². The smallest absolute Gasteiger partial charge is 0.356 e. The van der Waals surface area contributed by atoms with Crippen LogP contribution in [0.5, 0.6) is 0 Å². The van der Waals surface area contributed by atoms with Crippen molar-refractivity contribution in [1.82, 2.24) is 10.5 Å². The summed E-state index contributed by atoms with van der Waals surface area (Å²) in [5.74, 6) is -1.97. The predicted molar refractivity (Wildman–Crippen MR) is 178 cm³/mol. The van der Waals surface area contributed by atoms with Gasteiger partial charge < -0.3 is 9.84 Å². The Morgan fingerprint density at radius 1 is 0.878 bits per heavy atom. The number of nitrogens with one attached hydrogen (secondary N) is 1. The molecule has 1 heterocycles. The van der Waals surface area contributed by atoms with Crippen molar-refractivity contribution in [3.05, 3.63) is 136 Å². The van der Waals surface area contributed by atoms with Crippen molar-refractivity contribution in [3.63, 3.8) is 0 Å². The van der Waals surface area contributed by atoms with Gasteiger partial charge in [-0.25, -0.2) is 4.39 Å². The fourth-order valence-electron chi connectivity index (χ4n) is 5.39. The molecule has 0 aliphatic carbocycles. The molecule has 0 saturated heterocycles. The van der Waals surface area contributed by atoms with Crippen molar-refractivity contribution in [3.8, 4) is 22.5 Å². The van der Waals surface area contributed by atoms with Gasteiger partial charge in [0.2, 0.25) is 0 Å². The molecule has 0 bridgehead atoms. The second kappa shape index (κ2) is 14.0. The third-order valence-corrected chi connectivity index (χ3v) is 8.84. The van der Waals surface area contributed by atoms with Crippen LogP contribution in [0.1, 0.15) is 65.0 Å². The zero-order valence-electron chi connectivity index (χ0n) is 26.9.